The number of hydrogen-bond acceptors (Lipinski definition) is 4. The quantitative estimate of drug-likeness (QED) is 0.786. The summed E-state index contributed by atoms with van der Waals surface area (Å²) in [5, 5.41) is 3.42. The molecule has 4 heteroatoms. The Balaban J connectivity index is 1.89. The topological polar surface area (TPSA) is 41.1 Å². The predicted octanol–water partition coefficient (Wildman–Crippen LogP) is 1.07. The number of nitrogens with zero attached hydrogens (tertiary/aromatic N) is 3. The van der Waals surface area contributed by atoms with Gasteiger partial charge in [0.2, 0.25) is 5.95 Å². The molecular formula is C13H20N4. The van der Waals surface area contributed by atoms with Crippen molar-refractivity contribution < 1.29 is 0 Å². The molecule has 3 rings (SSSR count). The summed E-state index contributed by atoms with van der Waals surface area (Å²) in [7, 11) is 0. The SMILES string of the molecule is Cc1nc(N2CCCNCC2)nc2c1CCC2. The maximum absolute atomic E-state index is 4.77. The number of anilines is 1. The van der Waals surface area contributed by atoms with Gasteiger partial charge in [-0.2, -0.15) is 0 Å². The maximum Gasteiger partial charge on any atom is 0.225 e. The number of hydrogen-bond donors (Lipinski definition) is 1. The minimum absolute atomic E-state index is 0.951. The third-order valence-electron chi connectivity index (χ3n) is 3.75. The molecule has 0 spiro atoms. The van der Waals surface area contributed by atoms with Crippen molar-refractivity contribution in [2.24, 2.45) is 0 Å². The van der Waals surface area contributed by atoms with E-state index in [1.807, 2.05) is 0 Å². The van der Waals surface area contributed by atoms with Gasteiger partial charge >= 0.3 is 0 Å². The number of rotatable bonds is 1. The number of aromatic nitrogens is 2. The van der Waals surface area contributed by atoms with Gasteiger partial charge in [-0.3, -0.25) is 0 Å². The highest BCUT2D eigenvalue weighted by Crippen LogP contribution is 2.24. The Morgan fingerprint density at radius 3 is 2.94 bits per heavy atom. The first kappa shape index (κ1) is 11.0. The van der Waals surface area contributed by atoms with Crippen molar-refractivity contribution in [1.82, 2.24) is 15.3 Å². The molecule has 0 aromatic carbocycles. The van der Waals surface area contributed by atoms with Crippen LogP contribution in [-0.4, -0.2) is 36.1 Å². The average Bonchev–Trinajstić information content (AvgIpc) is 2.63. The fourth-order valence-electron chi connectivity index (χ4n) is 2.79. The molecule has 1 aliphatic heterocycles. The van der Waals surface area contributed by atoms with Gasteiger partial charge in [-0.25, -0.2) is 9.97 Å². The second-order valence-electron chi connectivity index (χ2n) is 4.98. The molecule has 0 atom stereocenters. The number of fused-ring (bicyclic) bond motifs is 1. The molecule has 0 bridgehead atoms. The molecule has 1 saturated heterocycles. The van der Waals surface area contributed by atoms with Crippen LogP contribution < -0.4 is 10.2 Å². The lowest BCUT2D eigenvalue weighted by atomic mass is 10.2. The van der Waals surface area contributed by atoms with Crippen LogP contribution >= 0.6 is 0 Å². The van der Waals surface area contributed by atoms with E-state index in [9.17, 15) is 0 Å². The predicted molar refractivity (Wildman–Crippen MR) is 68.5 cm³/mol. The zero-order valence-electron chi connectivity index (χ0n) is 10.5. The van der Waals surface area contributed by atoms with Crippen LogP contribution in [0.3, 0.4) is 0 Å². The minimum Gasteiger partial charge on any atom is -0.339 e. The summed E-state index contributed by atoms with van der Waals surface area (Å²) in [5.41, 5.74) is 3.89. The van der Waals surface area contributed by atoms with Gasteiger partial charge in [0.25, 0.3) is 0 Å². The molecule has 0 radical (unpaired) electrons. The van der Waals surface area contributed by atoms with E-state index in [-0.39, 0.29) is 0 Å². The van der Waals surface area contributed by atoms with Gasteiger partial charge in [0.1, 0.15) is 0 Å². The molecule has 92 valence electrons. The van der Waals surface area contributed by atoms with Crippen LogP contribution in [0.1, 0.15) is 29.8 Å². The Morgan fingerprint density at radius 1 is 1.06 bits per heavy atom. The lowest BCUT2D eigenvalue weighted by Crippen LogP contribution is -2.30. The van der Waals surface area contributed by atoms with E-state index in [1.165, 1.54) is 36.2 Å². The van der Waals surface area contributed by atoms with Crippen molar-refractivity contribution in [2.45, 2.75) is 32.6 Å². The highest BCUT2D eigenvalue weighted by Gasteiger charge is 2.19. The monoisotopic (exact) mass is 232 g/mol. The van der Waals surface area contributed by atoms with Crippen molar-refractivity contribution in [3.8, 4) is 0 Å². The number of aryl methyl sites for hydroxylation is 2. The minimum atomic E-state index is 0.951. The number of nitrogens with one attached hydrogen (secondary N) is 1. The van der Waals surface area contributed by atoms with Gasteiger partial charge in [-0.05, 0) is 44.7 Å². The highest BCUT2D eigenvalue weighted by atomic mass is 15.3. The summed E-state index contributed by atoms with van der Waals surface area (Å²) >= 11 is 0. The van der Waals surface area contributed by atoms with E-state index < -0.39 is 0 Å². The van der Waals surface area contributed by atoms with Crippen molar-refractivity contribution in [3.05, 3.63) is 17.0 Å². The lowest BCUT2D eigenvalue weighted by molar-refractivity contribution is 0.724. The van der Waals surface area contributed by atoms with Crippen LogP contribution in [0.4, 0.5) is 5.95 Å². The average molecular weight is 232 g/mol. The van der Waals surface area contributed by atoms with Crippen molar-refractivity contribution in [3.63, 3.8) is 0 Å². The molecule has 1 N–H and O–H groups in total. The van der Waals surface area contributed by atoms with Crippen molar-refractivity contribution >= 4 is 5.95 Å². The third kappa shape index (κ3) is 2.14. The Kier molecular flexibility index (Phi) is 2.97. The van der Waals surface area contributed by atoms with E-state index >= 15 is 0 Å². The maximum atomic E-state index is 4.77. The van der Waals surface area contributed by atoms with Crippen LogP contribution in [0.2, 0.25) is 0 Å². The summed E-state index contributed by atoms with van der Waals surface area (Å²) in [6.45, 7) is 6.38. The van der Waals surface area contributed by atoms with E-state index in [0.29, 0.717) is 0 Å². The zero-order valence-corrected chi connectivity index (χ0v) is 10.5. The second kappa shape index (κ2) is 4.61. The van der Waals surface area contributed by atoms with Crippen molar-refractivity contribution in [1.29, 1.82) is 0 Å². The third-order valence-corrected chi connectivity index (χ3v) is 3.75. The molecule has 1 aromatic rings. The van der Waals surface area contributed by atoms with Gasteiger partial charge in [-0.15, -0.1) is 0 Å². The Morgan fingerprint density at radius 2 is 2.00 bits per heavy atom. The molecule has 2 heterocycles. The summed E-state index contributed by atoms with van der Waals surface area (Å²) in [6, 6.07) is 0. The van der Waals surface area contributed by atoms with E-state index in [1.54, 1.807) is 0 Å². The van der Waals surface area contributed by atoms with Crippen molar-refractivity contribution in [2.75, 3.05) is 31.1 Å². The summed E-state index contributed by atoms with van der Waals surface area (Å²) < 4.78 is 0. The first-order valence-electron chi connectivity index (χ1n) is 6.66. The largest absolute Gasteiger partial charge is 0.339 e. The zero-order chi connectivity index (χ0) is 11.7. The molecule has 0 saturated carbocycles. The molecule has 1 fully saturated rings. The van der Waals surface area contributed by atoms with Crippen LogP contribution in [0, 0.1) is 6.92 Å². The van der Waals surface area contributed by atoms with Crippen LogP contribution in [0.25, 0.3) is 0 Å². The van der Waals surface area contributed by atoms with E-state index in [2.05, 4.69) is 17.1 Å². The Bertz CT molecular complexity index is 408. The lowest BCUT2D eigenvalue weighted by Gasteiger charge is -2.21. The van der Waals surface area contributed by atoms with Gasteiger partial charge in [0.05, 0.1) is 0 Å². The molecular weight excluding hydrogens is 212 g/mol. The van der Waals surface area contributed by atoms with Crippen LogP contribution in [0.15, 0.2) is 0 Å². The second-order valence-corrected chi connectivity index (χ2v) is 4.98. The molecule has 0 amide bonds. The summed E-state index contributed by atoms with van der Waals surface area (Å²) in [6.07, 6.45) is 4.73. The summed E-state index contributed by atoms with van der Waals surface area (Å²) in [5.74, 6) is 0.951. The normalized spacial score (nSPS) is 20.2. The smallest absolute Gasteiger partial charge is 0.225 e. The first-order valence-corrected chi connectivity index (χ1v) is 6.66. The Labute approximate surface area is 102 Å². The van der Waals surface area contributed by atoms with E-state index in [4.69, 9.17) is 9.97 Å². The van der Waals surface area contributed by atoms with E-state index in [0.717, 1.165) is 38.5 Å². The molecule has 4 nitrogen and oxygen atoms in total. The summed E-state index contributed by atoms with van der Waals surface area (Å²) in [4.78, 5) is 11.8. The highest BCUT2D eigenvalue weighted by molar-refractivity contribution is 5.39. The fourth-order valence-corrected chi connectivity index (χ4v) is 2.79. The van der Waals surface area contributed by atoms with Gasteiger partial charge in [0.15, 0.2) is 0 Å². The van der Waals surface area contributed by atoms with Gasteiger partial charge in [0, 0.05) is 31.0 Å². The van der Waals surface area contributed by atoms with Crippen LogP contribution in [-0.2, 0) is 12.8 Å². The van der Waals surface area contributed by atoms with Gasteiger partial charge < -0.3 is 10.2 Å². The molecule has 0 unspecified atom stereocenters. The fraction of sp³-hybridized carbons (Fsp3) is 0.692. The molecule has 17 heavy (non-hydrogen) atoms. The first-order chi connectivity index (χ1) is 8.34. The molecule has 2 aliphatic rings. The Hall–Kier alpha value is -1.16. The molecule has 1 aromatic heterocycles. The standard InChI is InChI=1S/C13H20N4/c1-10-11-4-2-5-12(11)16-13(15-10)17-8-3-6-14-7-9-17/h14H,2-9H2,1H3. The molecule has 1 aliphatic carbocycles. The van der Waals surface area contributed by atoms with Crippen LogP contribution in [0.5, 0.6) is 0 Å². The van der Waals surface area contributed by atoms with Gasteiger partial charge in [-0.1, -0.05) is 0 Å².